The van der Waals surface area contributed by atoms with E-state index in [1.165, 1.54) is 0 Å². The van der Waals surface area contributed by atoms with Crippen LogP contribution in [0.15, 0.2) is 60.7 Å². The molecule has 4 nitrogen and oxygen atoms in total. The number of rotatable bonds is 12. The van der Waals surface area contributed by atoms with Crippen LogP contribution in [-0.2, 0) is 0 Å². The molecule has 0 amide bonds. The zero-order valence-electron chi connectivity index (χ0n) is 15.2. The van der Waals surface area contributed by atoms with E-state index in [0.29, 0.717) is 17.9 Å². The molecule has 1 rings (SSSR count). The number of carbonyl (C=O) groups is 1. The van der Waals surface area contributed by atoms with Gasteiger partial charge in [0.05, 0.1) is 6.10 Å². The molecule has 1 aromatic carbocycles. The van der Waals surface area contributed by atoms with Gasteiger partial charge in [0.25, 0.3) is 0 Å². The van der Waals surface area contributed by atoms with Gasteiger partial charge in [0.15, 0.2) is 5.78 Å². The number of Topliss-reactive ketones (excluding diaryl/α,β-unsaturated/α-hetero) is 1. The van der Waals surface area contributed by atoms with E-state index in [9.17, 15) is 9.90 Å². The maximum atomic E-state index is 12.1. The van der Waals surface area contributed by atoms with Crippen LogP contribution in [-0.4, -0.2) is 36.7 Å². The molecule has 0 bridgehead atoms. The van der Waals surface area contributed by atoms with Gasteiger partial charge in [-0.25, -0.2) is 0 Å². The van der Waals surface area contributed by atoms with Gasteiger partial charge < -0.3 is 15.2 Å². The van der Waals surface area contributed by atoms with Gasteiger partial charge in [-0.1, -0.05) is 29.9 Å². The van der Waals surface area contributed by atoms with E-state index in [4.69, 9.17) is 4.74 Å². The standard InChI is InChI=1S/C21H29NO3/c1-4-5-12-22-13-6-7-14-25-20-10-8-18(9-11-20)21(24)16-19(23)15-17(2)3/h4,6-11,15,19,22-23H,1,5,12-14,16H2,2-3H3. The van der Waals surface area contributed by atoms with Crippen LogP contribution in [0.2, 0.25) is 0 Å². The molecule has 4 heteroatoms. The predicted molar refractivity (Wildman–Crippen MR) is 103 cm³/mol. The van der Waals surface area contributed by atoms with Crippen LogP contribution in [0.4, 0.5) is 0 Å². The van der Waals surface area contributed by atoms with E-state index in [-0.39, 0.29) is 12.2 Å². The molecule has 0 saturated carbocycles. The lowest BCUT2D eigenvalue weighted by molar-refractivity contribution is 0.0922. The molecule has 2 N–H and O–H groups in total. The third-order valence-electron chi connectivity index (χ3n) is 3.40. The van der Waals surface area contributed by atoms with Gasteiger partial charge in [-0.05, 0) is 51.1 Å². The van der Waals surface area contributed by atoms with Crippen molar-refractivity contribution in [2.24, 2.45) is 0 Å². The van der Waals surface area contributed by atoms with Crippen molar-refractivity contribution in [1.82, 2.24) is 5.32 Å². The minimum atomic E-state index is -0.737. The van der Waals surface area contributed by atoms with Gasteiger partial charge in [-0.3, -0.25) is 4.79 Å². The Morgan fingerprint density at radius 1 is 1.28 bits per heavy atom. The fourth-order valence-electron chi connectivity index (χ4n) is 2.17. The third kappa shape index (κ3) is 9.65. The topological polar surface area (TPSA) is 58.6 Å². The number of hydrogen-bond acceptors (Lipinski definition) is 4. The first-order valence-corrected chi connectivity index (χ1v) is 8.58. The van der Waals surface area contributed by atoms with Gasteiger partial charge in [-0.15, -0.1) is 6.58 Å². The molecule has 25 heavy (non-hydrogen) atoms. The molecule has 0 radical (unpaired) electrons. The van der Waals surface area contributed by atoms with Crippen molar-refractivity contribution in [3.63, 3.8) is 0 Å². The Kier molecular flexibility index (Phi) is 10.2. The minimum Gasteiger partial charge on any atom is -0.490 e. The maximum Gasteiger partial charge on any atom is 0.165 e. The monoisotopic (exact) mass is 343 g/mol. The second-order valence-electron chi connectivity index (χ2n) is 6.03. The van der Waals surface area contributed by atoms with Gasteiger partial charge in [-0.2, -0.15) is 0 Å². The molecule has 0 aliphatic heterocycles. The molecule has 1 aromatic rings. The Labute approximate surface area is 150 Å². The van der Waals surface area contributed by atoms with Crippen molar-refractivity contribution in [1.29, 1.82) is 0 Å². The van der Waals surface area contributed by atoms with Crippen molar-refractivity contribution >= 4 is 5.78 Å². The summed E-state index contributed by atoms with van der Waals surface area (Å²) in [6.45, 7) is 9.67. The van der Waals surface area contributed by atoms with Crippen LogP contribution in [0.5, 0.6) is 5.75 Å². The van der Waals surface area contributed by atoms with Crippen LogP contribution in [0, 0.1) is 0 Å². The molecule has 0 heterocycles. The lowest BCUT2D eigenvalue weighted by atomic mass is 10.0. The summed E-state index contributed by atoms with van der Waals surface area (Å²) in [6, 6.07) is 7.01. The molecule has 1 atom stereocenters. The van der Waals surface area contributed by atoms with E-state index in [1.54, 1.807) is 30.3 Å². The smallest absolute Gasteiger partial charge is 0.165 e. The van der Waals surface area contributed by atoms with E-state index in [2.05, 4.69) is 11.9 Å². The number of hydrogen-bond donors (Lipinski definition) is 2. The van der Waals surface area contributed by atoms with Crippen LogP contribution in [0.3, 0.4) is 0 Å². The Morgan fingerprint density at radius 2 is 2.00 bits per heavy atom. The largest absolute Gasteiger partial charge is 0.490 e. The van der Waals surface area contributed by atoms with E-state index in [0.717, 1.165) is 25.1 Å². The summed E-state index contributed by atoms with van der Waals surface area (Å²) in [5.41, 5.74) is 1.57. The summed E-state index contributed by atoms with van der Waals surface area (Å²) in [5, 5.41) is 13.1. The first kappa shape index (κ1) is 20.9. The van der Waals surface area contributed by atoms with Crippen molar-refractivity contribution in [2.75, 3.05) is 19.7 Å². The highest BCUT2D eigenvalue weighted by Crippen LogP contribution is 2.14. The number of ether oxygens (including phenoxy) is 1. The number of benzene rings is 1. The van der Waals surface area contributed by atoms with Crippen LogP contribution in [0.1, 0.15) is 37.0 Å². The number of aliphatic hydroxyl groups is 1. The van der Waals surface area contributed by atoms with E-state index < -0.39 is 6.10 Å². The predicted octanol–water partition coefficient (Wildman–Crippen LogP) is 3.69. The zero-order valence-corrected chi connectivity index (χ0v) is 15.2. The average Bonchev–Trinajstić information content (AvgIpc) is 2.57. The SMILES string of the molecule is C=CCCNCC=CCOc1ccc(C(=O)CC(O)C=C(C)C)cc1. The summed E-state index contributed by atoms with van der Waals surface area (Å²) in [5.74, 6) is 0.632. The maximum absolute atomic E-state index is 12.1. The Bertz CT molecular complexity index is 584. The van der Waals surface area contributed by atoms with Crippen LogP contribution < -0.4 is 10.1 Å². The third-order valence-corrected chi connectivity index (χ3v) is 3.40. The van der Waals surface area contributed by atoms with Gasteiger partial charge >= 0.3 is 0 Å². The average molecular weight is 343 g/mol. The van der Waals surface area contributed by atoms with E-state index >= 15 is 0 Å². The van der Waals surface area contributed by atoms with Gasteiger partial charge in [0.1, 0.15) is 12.4 Å². The molecule has 0 aliphatic rings. The summed E-state index contributed by atoms with van der Waals surface area (Å²) >= 11 is 0. The van der Waals surface area contributed by atoms with Crippen molar-refractivity contribution in [3.8, 4) is 5.75 Å². The van der Waals surface area contributed by atoms with Crippen LogP contribution >= 0.6 is 0 Å². The molecule has 1 unspecified atom stereocenters. The Balaban J connectivity index is 2.35. The fraction of sp³-hybridized carbons (Fsp3) is 0.381. The summed E-state index contributed by atoms with van der Waals surface area (Å²) in [6.07, 6.45) is 7.86. The molecule has 136 valence electrons. The van der Waals surface area contributed by atoms with Crippen LogP contribution in [0.25, 0.3) is 0 Å². The molecule has 0 aromatic heterocycles. The highest BCUT2D eigenvalue weighted by Gasteiger charge is 2.11. The normalized spacial score (nSPS) is 12.0. The zero-order chi connectivity index (χ0) is 18.5. The second-order valence-corrected chi connectivity index (χ2v) is 6.03. The molecular weight excluding hydrogens is 314 g/mol. The highest BCUT2D eigenvalue weighted by molar-refractivity contribution is 5.96. The van der Waals surface area contributed by atoms with Crippen molar-refractivity contribution < 1.29 is 14.6 Å². The van der Waals surface area contributed by atoms with E-state index in [1.807, 2.05) is 32.1 Å². The number of allylic oxidation sites excluding steroid dienone is 1. The number of ketones is 1. The van der Waals surface area contributed by atoms with Gasteiger partial charge in [0, 0.05) is 18.5 Å². The molecular formula is C21H29NO3. The Morgan fingerprint density at radius 3 is 2.64 bits per heavy atom. The number of carbonyl (C=O) groups excluding carboxylic acids is 1. The number of nitrogens with one attached hydrogen (secondary N) is 1. The minimum absolute atomic E-state index is 0.0814. The van der Waals surface area contributed by atoms with Crippen molar-refractivity contribution in [3.05, 3.63) is 66.3 Å². The molecule has 0 aliphatic carbocycles. The van der Waals surface area contributed by atoms with Gasteiger partial charge in [0.2, 0.25) is 0 Å². The lowest BCUT2D eigenvalue weighted by Crippen LogP contribution is -2.14. The summed E-state index contributed by atoms with van der Waals surface area (Å²) in [7, 11) is 0. The first-order chi connectivity index (χ1) is 12.0. The molecule has 0 fully saturated rings. The van der Waals surface area contributed by atoms with Crippen molar-refractivity contribution in [2.45, 2.75) is 32.8 Å². The Hall–Kier alpha value is -2.17. The summed E-state index contributed by atoms with van der Waals surface area (Å²) in [4.78, 5) is 12.1. The first-order valence-electron chi connectivity index (χ1n) is 8.58. The summed E-state index contributed by atoms with van der Waals surface area (Å²) < 4.78 is 5.60. The second kappa shape index (κ2) is 12.2. The fourth-order valence-corrected chi connectivity index (χ4v) is 2.17. The number of aliphatic hydroxyl groups excluding tert-OH is 1. The molecule has 0 saturated heterocycles. The highest BCUT2D eigenvalue weighted by atomic mass is 16.5. The lowest BCUT2D eigenvalue weighted by Gasteiger charge is -2.07. The quantitative estimate of drug-likeness (QED) is 0.345. The molecule has 0 spiro atoms.